The fourth-order valence-corrected chi connectivity index (χ4v) is 3.29. The Morgan fingerprint density at radius 3 is 2.39 bits per heavy atom. The van der Waals surface area contributed by atoms with E-state index in [1.165, 1.54) is 12.1 Å². The van der Waals surface area contributed by atoms with Crippen molar-refractivity contribution in [2.75, 3.05) is 33.7 Å². The molecule has 0 aromatic heterocycles. The number of hydrogen-bond donors (Lipinski definition) is 1. The Labute approximate surface area is 178 Å². The van der Waals surface area contributed by atoms with Gasteiger partial charge in [-0.1, -0.05) is 6.07 Å². The van der Waals surface area contributed by atoms with Crippen LogP contribution >= 0.6 is 0 Å². The summed E-state index contributed by atoms with van der Waals surface area (Å²) in [5, 5.41) is 2.62. The van der Waals surface area contributed by atoms with Crippen LogP contribution in [0, 0.1) is 0 Å². The van der Waals surface area contributed by atoms with Crippen LogP contribution < -0.4 is 10.1 Å². The van der Waals surface area contributed by atoms with E-state index in [1.807, 2.05) is 6.07 Å². The second-order valence-corrected chi connectivity index (χ2v) is 7.63. The molecule has 31 heavy (non-hydrogen) atoms. The molecule has 0 aliphatic carbocycles. The number of nitrogens with zero attached hydrogens (tertiary/aromatic N) is 2. The van der Waals surface area contributed by atoms with E-state index >= 15 is 0 Å². The molecule has 0 fully saturated rings. The molecule has 0 spiro atoms. The number of fused-ring (bicyclic) bond motifs is 1. The van der Waals surface area contributed by atoms with E-state index in [1.54, 1.807) is 36.0 Å². The largest absolute Gasteiger partial charge is 0.457 e. The lowest BCUT2D eigenvalue weighted by molar-refractivity contribution is -0.137. The highest BCUT2D eigenvalue weighted by Gasteiger charge is 2.30. The van der Waals surface area contributed by atoms with Crippen molar-refractivity contribution >= 4 is 11.8 Å². The van der Waals surface area contributed by atoms with Crippen LogP contribution in [0.25, 0.3) is 0 Å². The van der Waals surface area contributed by atoms with E-state index < -0.39 is 11.7 Å². The maximum absolute atomic E-state index is 12.7. The van der Waals surface area contributed by atoms with Crippen LogP contribution in [0.3, 0.4) is 0 Å². The molecule has 1 heterocycles. The van der Waals surface area contributed by atoms with Gasteiger partial charge in [-0.25, -0.2) is 0 Å². The molecule has 0 bridgehead atoms. The number of likely N-dealkylation sites (N-methyl/N-ethyl adjacent to an activating group) is 1. The number of ether oxygens (including phenoxy) is 1. The fourth-order valence-electron chi connectivity index (χ4n) is 3.29. The third kappa shape index (κ3) is 6.21. The summed E-state index contributed by atoms with van der Waals surface area (Å²) < 4.78 is 43.8. The van der Waals surface area contributed by atoms with Crippen molar-refractivity contribution < 1.29 is 27.5 Å². The van der Waals surface area contributed by atoms with E-state index in [0.29, 0.717) is 31.0 Å². The van der Waals surface area contributed by atoms with Gasteiger partial charge in [-0.2, -0.15) is 13.2 Å². The lowest BCUT2D eigenvalue weighted by atomic mass is 9.99. The van der Waals surface area contributed by atoms with Crippen molar-refractivity contribution in [3.05, 3.63) is 59.2 Å². The molecule has 0 saturated heterocycles. The normalized spacial score (nSPS) is 13.7. The number of halogens is 3. The molecule has 1 aliphatic rings. The van der Waals surface area contributed by atoms with Crippen LogP contribution in [0.1, 0.15) is 16.7 Å². The summed E-state index contributed by atoms with van der Waals surface area (Å²) >= 11 is 0. The summed E-state index contributed by atoms with van der Waals surface area (Å²) in [6, 6.07) is 9.93. The maximum atomic E-state index is 12.7. The fraction of sp³-hybridized carbons (Fsp3) is 0.364. The van der Waals surface area contributed by atoms with E-state index in [4.69, 9.17) is 4.74 Å². The van der Waals surface area contributed by atoms with Crippen LogP contribution in [0.15, 0.2) is 42.5 Å². The molecule has 1 aliphatic heterocycles. The van der Waals surface area contributed by atoms with Crippen LogP contribution in [0.4, 0.5) is 13.2 Å². The molecular formula is C22H24F3N3O3. The molecule has 0 radical (unpaired) electrons. The molecule has 1 N–H and O–H groups in total. The molecule has 0 unspecified atom stereocenters. The van der Waals surface area contributed by atoms with Gasteiger partial charge in [-0.15, -0.1) is 0 Å². The number of carbonyl (C=O) groups is 2. The smallest absolute Gasteiger partial charge is 0.416 e. The minimum atomic E-state index is -4.40. The number of hydrogen-bond acceptors (Lipinski definition) is 4. The topological polar surface area (TPSA) is 61.9 Å². The van der Waals surface area contributed by atoms with Gasteiger partial charge in [-0.3, -0.25) is 9.59 Å². The Balaban J connectivity index is 1.62. The van der Waals surface area contributed by atoms with Crippen LogP contribution in [0.2, 0.25) is 0 Å². The van der Waals surface area contributed by atoms with Crippen molar-refractivity contribution in [2.24, 2.45) is 0 Å². The first-order valence-corrected chi connectivity index (χ1v) is 9.78. The standard InChI is InChI=1S/C22H24F3N3O3/c1-27(2)14-20(29)26-12-21(30)28-10-9-15-3-6-19(11-16(15)13-28)31-18-7-4-17(5-8-18)22(23,24)25/h3-8,11H,9-10,12-14H2,1-2H3,(H,26,29). The molecule has 0 saturated carbocycles. The zero-order valence-corrected chi connectivity index (χ0v) is 17.3. The van der Waals surface area contributed by atoms with E-state index in [2.05, 4.69) is 5.32 Å². The first-order chi connectivity index (χ1) is 14.6. The first-order valence-electron chi connectivity index (χ1n) is 9.78. The molecule has 3 rings (SSSR count). The second kappa shape index (κ2) is 9.38. The molecule has 2 aromatic carbocycles. The molecule has 9 heteroatoms. The van der Waals surface area contributed by atoms with Crippen LogP contribution in [-0.2, 0) is 28.7 Å². The Bertz CT molecular complexity index is 943. The highest BCUT2D eigenvalue weighted by molar-refractivity contribution is 5.85. The number of benzene rings is 2. The highest BCUT2D eigenvalue weighted by atomic mass is 19.4. The predicted molar refractivity (Wildman–Crippen MR) is 109 cm³/mol. The Hall–Kier alpha value is -3.07. The van der Waals surface area contributed by atoms with Gasteiger partial charge < -0.3 is 19.9 Å². The summed E-state index contributed by atoms with van der Waals surface area (Å²) in [5.74, 6) is 0.377. The first kappa shape index (κ1) is 22.6. The SMILES string of the molecule is CN(C)CC(=O)NCC(=O)N1CCc2ccc(Oc3ccc(C(F)(F)F)cc3)cc2C1. The Morgan fingerprint density at radius 2 is 1.74 bits per heavy atom. The van der Waals surface area contributed by atoms with Gasteiger partial charge in [0.2, 0.25) is 11.8 Å². The summed E-state index contributed by atoms with van der Waals surface area (Å²) in [4.78, 5) is 27.6. The van der Waals surface area contributed by atoms with E-state index in [9.17, 15) is 22.8 Å². The molecular weight excluding hydrogens is 411 g/mol. The Kier molecular flexibility index (Phi) is 6.84. The maximum Gasteiger partial charge on any atom is 0.416 e. The third-order valence-electron chi connectivity index (χ3n) is 4.86. The summed E-state index contributed by atoms with van der Waals surface area (Å²) in [6.45, 7) is 1.07. The van der Waals surface area contributed by atoms with Gasteiger partial charge >= 0.3 is 6.18 Å². The quantitative estimate of drug-likeness (QED) is 0.758. The van der Waals surface area contributed by atoms with Gasteiger partial charge in [0.05, 0.1) is 18.7 Å². The van der Waals surface area contributed by atoms with Crippen molar-refractivity contribution in [1.82, 2.24) is 15.1 Å². The lowest BCUT2D eigenvalue weighted by Gasteiger charge is -2.29. The van der Waals surface area contributed by atoms with Gasteiger partial charge in [-0.05, 0) is 68.0 Å². The van der Waals surface area contributed by atoms with Crippen LogP contribution in [-0.4, -0.2) is 55.3 Å². The van der Waals surface area contributed by atoms with Gasteiger partial charge in [0.25, 0.3) is 0 Å². The average molecular weight is 435 g/mol. The van der Waals surface area contributed by atoms with Crippen molar-refractivity contribution in [1.29, 1.82) is 0 Å². The van der Waals surface area contributed by atoms with Crippen molar-refractivity contribution in [3.8, 4) is 11.5 Å². The number of amides is 2. The highest BCUT2D eigenvalue weighted by Crippen LogP contribution is 2.32. The number of carbonyl (C=O) groups excluding carboxylic acids is 2. The minimum Gasteiger partial charge on any atom is -0.457 e. The van der Waals surface area contributed by atoms with Crippen molar-refractivity contribution in [2.45, 2.75) is 19.1 Å². The van der Waals surface area contributed by atoms with E-state index in [0.717, 1.165) is 23.3 Å². The number of rotatable bonds is 6. The van der Waals surface area contributed by atoms with Gasteiger partial charge in [0.15, 0.2) is 0 Å². The third-order valence-corrected chi connectivity index (χ3v) is 4.86. The molecule has 166 valence electrons. The molecule has 2 amide bonds. The minimum absolute atomic E-state index is 0.0657. The summed E-state index contributed by atoms with van der Waals surface area (Å²) in [7, 11) is 3.54. The molecule has 0 atom stereocenters. The predicted octanol–water partition coefficient (Wildman–Crippen LogP) is 3.06. The number of alkyl halides is 3. The van der Waals surface area contributed by atoms with E-state index in [-0.39, 0.29) is 24.9 Å². The van der Waals surface area contributed by atoms with Gasteiger partial charge in [0.1, 0.15) is 11.5 Å². The van der Waals surface area contributed by atoms with Crippen molar-refractivity contribution in [3.63, 3.8) is 0 Å². The zero-order chi connectivity index (χ0) is 22.6. The second-order valence-electron chi connectivity index (χ2n) is 7.63. The average Bonchev–Trinajstić information content (AvgIpc) is 2.70. The van der Waals surface area contributed by atoms with Gasteiger partial charge in [0, 0.05) is 13.1 Å². The summed E-state index contributed by atoms with van der Waals surface area (Å²) in [5.41, 5.74) is 1.25. The lowest BCUT2D eigenvalue weighted by Crippen LogP contribution is -2.44. The monoisotopic (exact) mass is 435 g/mol. The molecule has 6 nitrogen and oxygen atoms in total. The summed E-state index contributed by atoms with van der Waals surface area (Å²) in [6.07, 6.45) is -3.72. The zero-order valence-electron chi connectivity index (χ0n) is 17.3. The number of nitrogens with one attached hydrogen (secondary N) is 1. The molecule has 2 aromatic rings. The van der Waals surface area contributed by atoms with Crippen LogP contribution in [0.5, 0.6) is 11.5 Å². The Morgan fingerprint density at radius 1 is 1.06 bits per heavy atom.